The number of hydrogen-bond acceptors (Lipinski definition) is 4. The zero-order chi connectivity index (χ0) is 25.7. The summed E-state index contributed by atoms with van der Waals surface area (Å²) in [6.45, 7) is 7.56. The molecule has 2 aromatic carbocycles. The van der Waals surface area contributed by atoms with Crippen molar-refractivity contribution < 1.29 is 18.8 Å². The molecule has 8 heteroatoms. The molecule has 1 aliphatic rings. The van der Waals surface area contributed by atoms with E-state index in [9.17, 15) is 18.8 Å². The van der Waals surface area contributed by atoms with Gasteiger partial charge in [0.25, 0.3) is 5.91 Å². The molecule has 0 radical (unpaired) electrons. The van der Waals surface area contributed by atoms with Crippen LogP contribution in [0.2, 0.25) is 0 Å². The average Bonchev–Trinajstić information content (AvgIpc) is 2.92. The van der Waals surface area contributed by atoms with Crippen molar-refractivity contribution in [3.8, 4) is 0 Å². The molecule has 3 atom stereocenters. The number of amides is 3. The van der Waals surface area contributed by atoms with E-state index in [-0.39, 0.29) is 12.3 Å². The van der Waals surface area contributed by atoms with Crippen LogP contribution in [-0.4, -0.2) is 36.6 Å². The zero-order valence-corrected chi connectivity index (χ0v) is 20.2. The molecule has 2 aromatic rings. The maximum Gasteiger partial charge on any atom is 0.272 e. The predicted octanol–water partition coefficient (Wildman–Crippen LogP) is 3.42. The number of fused-ring (bicyclic) bond motifs is 1. The quantitative estimate of drug-likeness (QED) is 0.540. The molecule has 184 valence electrons. The number of nitrogens with one attached hydrogen (secondary N) is 1. The normalized spacial score (nSPS) is 17.2. The van der Waals surface area contributed by atoms with Crippen LogP contribution in [0.5, 0.6) is 0 Å². The Bertz CT molecular complexity index is 1140. The lowest BCUT2D eigenvalue weighted by atomic mass is 9.82. The maximum atomic E-state index is 13.6. The molecule has 7 nitrogen and oxygen atoms in total. The van der Waals surface area contributed by atoms with Gasteiger partial charge in [-0.05, 0) is 49.1 Å². The Kier molecular flexibility index (Phi) is 8.17. The van der Waals surface area contributed by atoms with Crippen LogP contribution in [0, 0.1) is 23.6 Å². The van der Waals surface area contributed by atoms with Gasteiger partial charge in [-0.3, -0.25) is 14.4 Å². The number of rotatable bonds is 9. The Morgan fingerprint density at radius 2 is 1.83 bits per heavy atom. The van der Waals surface area contributed by atoms with Crippen LogP contribution in [0.4, 0.5) is 10.1 Å². The molecule has 3 rings (SSSR count). The van der Waals surface area contributed by atoms with E-state index in [2.05, 4.69) is 16.9 Å². The van der Waals surface area contributed by atoms with Crippen LogP contribution in [0.25, 0.3) is 0 Å². The van der Waals surface area contributed by atoms with Crippen molar-refractivity contribution in [3.05, 3.63) is 78.1 Å². The van der Waals surface area contributed by atoms with Crippen molar-refractivity contribution in [1.82, 2.24) is 5.32 Å². The van der Waals surface area contributed by atoms with E-state index in [0.717, 1.165) is 0 Å². The van der Waals surface area contributed by atoms with Gasteiger partial charge in [0.1, 0.15) is 5.82 Å². The number of likely N-dealkylation sites (N-methyl/N-ethyl adjacent to an activating group) is 1. The summed E-state index contributed by atoms with van der Waals surface area (Å²) in [5, 5.41) is 2.75. The van der Waals surface area contributed by atoms with Crippen molar-refractivity contribution in [2.75, 3.05) is 11.9 Å². The number of primary amides is 1. The van der Waals surface area contributed by atoms with Crippen LogP contribution in [0.3, 0.4) is 0 Å². The number of nitrogens with two attached hydrogens (primary N) is 1. The number of para-hydroxylation sites is 1. The fraction of sp³-hybridized carbons (Fsp3) is 0.333. The summed E-state index contributed by atoms with van der Waals surface area (Å²) < 4.78 is 13.6. The second-order valence-electron chi connectivity index (χ2n) is 9.08. The largest absolute Gasteiger partial charge is 0.369 e. The Morgan fingerprint density at radius 3 is 2.43 bits per heavy atom. The molecular formula is C27H31FN4O3. The standard InChI is InChI=1S/C27H31FN4O3/c1-5-8-19(24(29)33)21(15-16(2)3)26(34)31-25-27(35)32(4)22-10-7-6-9-20(22)23(30-25)17-11-13-18(28)14-12-17/h5-7,9-14,16,19,21,25H,1,8,15H2,2-4H3,(H2,29,33)(H,31,34)/t19-,21+,25+/m0/s1. The number of benzodiazepines with no additional fused rings is 1. The highest BCUT2D eigenvalue weighted by atomic mass is 19.1. The molecule has 1 heterocycles. The number of nitrogens with zero attached hydrogens (tertiary/aromatic N) is 2. The second-order valence-corrected chi connectivity index (χ2v) is 9.08. The van der Waals surface area contributed by atoms with Crippen molar-refractivity contribution in [2.24, 2.45) is 28.5 Å². The highest BCUT2D eigenvalue weighted by molar-refractivity contribution is 6.20. The monoisotopic (exact) mass is 478 g/mol. The van der Waals surface area contributed by atoms with Gasteiger partial charge in [-0.25, -0.2) is 9.38 Å². The number of allylic oxidation sites excluding steroid dienone is 1. The van der Waals surface area contributed by atoms with Gasteiger partial charge in [0.05, 0.1) is 23.2 Å². The number of aliphatic imine (C=N–C) groups is 1. The molecular weight excluding hydrogens is 447 g/mol. The van der Waals surface area contributed by atoms with Gasteiger partial charge in [0, 0.05) is 18.2 Å². The first kappa shape index (κ1) is 25.8. The summed E-state index contributed by atoms with van der Waals surface area (Å²) >= 11 is 0. The lowest BCUT2D eigenvalue weighted by Crippen LogP contribution is -2.50. The minimum absolute atomic E-state index is 0.104. The Labute approximate surface area is 204 Å². The fourth-order valence-electron chi connectivity index (χ4n) is 4.32. The van der Waals surface area contributed by atoms with E-state index < -0.39 is 41.5 Å². The number of benzene rings is 2. The van der Waals surface area contributed by atoms with E-state index in [1.54, 1.807) is 37.4 Å². The summed E-state index contributed by atoms with van der Waals surface area (Å²) in [7, 11) is 1.61. The topological polar surface area (TPSA) is 105 Å². The highest BCUT2D eigenvalue weighted by Crippen LogP contribution is 2.28. The van der Waals surface area contributed by atoms with E-state index >= 15 is 0 Å². The molecule has 0 aromatic heterocycles. The third-order valence-corrected chi connectivity index (χ3v) is 6.07. The molecule has 35 heavy (non-hydrogen) atoms. The summed E-state index contributed by atoms with van der Waals surface area (Å²) in [6, 6.07) is 13.0. The lowest BCUT2D eigenvalue weighted by molar-refractivity contribution is -0.135. The number of carbonyl (C=O) groups excluding carboxylic acids is 3. The minimum atomic E-state index is -1.24. The van der Waals surface area contributed by atoms with Crippen molar-refractivity contribution in [2.45, 2.75) is 32.9 Å². The van der Waals surface area contributed by atoms with Gasteiger partial charge in [-0.2, -0.15) is 0 Å². The molecule has 0 saturated carbocycles. The van der Waals surface area contributed by atoms with Crippen LogP contribution < -0.4 is 16.0 Å². The molecule has 0 spiro atoms. The first-order chi connectivity index (χ1) is 16.6. The summed E-state index contributed by atoms with van der Waals surface area (Å²) in [6.07, 6.45) is 0.960. The number of halogens is 1. The Hall–Kier alpha value is -3.81. The minimum Gasteiger partial charge on any atom is -0.369 e. The van der Waals surface area contributed by atoms with Gasteiger partial charge in [0.15, 0.2) is 0 Å². The molecule has 0 bridgehead atoms. The van der Waals surface area contributed by atoms with Crippen molar-refractivity contribution >= 4 is 29.1 Å². The fourth-order valence-corrected chi connectivity index (χ4v) is 4.32. The molecule has 0 unspecified atom stereocenters. The van der Waals surface area contributed by atoms with Gasteiger partial charge in [0.2, 0.25) is 18.0 Å². The molecule has 0 fully saturated rings. The number of hydrogen-bond donors (Lipinski definition) is 2. The van der Waals surface area contributed by atoms with Crippen LogP contribution in [0.1, 0.15) is 37.8 Å². The average molecular weight is 479 g/mol. The van der Waals surface area contributed by atoms with Crippen molar-refractivity contribution in [3.63, 3.8) is 0 Å². The van der Waals surface area contributed by atoms with Crippen molar-refractivity contribution in [1.29, 1.82) is 0 Å². The van der Waals surface area contributed by atoms with E-state index in [4.69, 9.17) is 5.73 Å². The van der Waals surface area contributed by atoms with Gasteiger partial charge >= 0.3 is 0 Å². The maximum absolute atomic E-state index is 13.6. The van der Waals surface area contributed by atoms with E-state index in [0.29, 0.717) is 28.9 Å². The van der Waals surface area contributed by atoms with Gasteiger partial charge < -0.3 is 16.0 Å². The molecule has 1 aliphatic heterocycles. The third-order valence-electron chi connectivity index (χ3n) is 6.07. The van der Waals surface area contributed by atoms with Gasteiger partial charge in [-0.1, -0.05) is 38.1 Å². The summed E-state index contributed by atoms with van der Waals surface area (Å²) in [5.41, 5.74) is 7.94. The zero-order valence-electron chi connectivity index (χ0n) is 20.2. The smallest absolute Gasteiger partial charge is 0.272 e. The Morgan fingerprint density at radius 1 is 1.17 bits per heavy atom. The molecule has 3 amide bonds. The van der Waals surface area contributed by atoms with Gasteiger partial charge in [-0.15, -0.1) is 6.58 Å². The van der Waals surface area contributed by atoms with E-state index in [1.165, 1.54) is 17.0 Å². The SMILES string of the molecule is C=CC[C@H](C(N)=O)[C@@H](CC(C)C)C(=O)N[C@H]1N=C(c2ccc(F)cc2)c2ccccc2N(C)C1=O. The number of anilines is 1. The van der Waals surface area contributed by atoms with E-state index in [1.807, 2.05) is 26.0 Å². The lowest BCUT2D eigenvalue weighted by Gasteiger charge is -2.27. The molecule has 0 aliphatic carbocycles. The molecule has 3 N–H and O–H groups in total. The first-order valence-corrected chi connectivity index (χ1v) is 11.5. The summed E-state index contributed by atoms with van der Waals surface area (Å²) in [4.78, 5) is 45.1. The molecule has 0 saturated heterocycles. The van der Waals surface area contributed by atoms with Crippen LogP contribution in [0.15, 0.2) is 66.2 Å². The summed E-state index contributed by atoms with van der Waals surface area (Å²) in [5.74, 6) is -3.32. The predicted molar refractivity (Wildman–Crippen MR) is 134 cm³/mol. The van der Waals surface area contributed by atoms with Crippen LogP contribution >= 0.6 is 0 Å². The van der Waals surface area contributed by atoms with Crippen LogP contribution in [-0.2, 0) is 14.4 Å². The highest BCUT2D eigenvalue weighted by Gasteiger charge is 2.36. The third kappa shape index (κ3) is 5.82. The Balaban J connectivity index is 2.05. The first-order valence-electron chi connectivity index (χ1n) is 11.5. The second kappa shape index (κ2) is 11.1. The number of carbonyl (C=O) groups is 3.